The predicted octanol–water partition coefficient (Wildman–Crippen LogP) is 2.20. The Bertz CT molecular complexity index is 783. The Hall–Kier alpha value is -2.44. The number of nitrogens with one attached hydrogen (secondary N) is 2. The maximum absolute atomic E-state index is 10.3. The summed E-state index contributed by atoms with van der Waals surface area (Å²) in [6, 6.07) is 10.3. The molecule has 1 aliphatic carbocycles. The SMILES string of the molecule is O[C@@H]1CC(Cn2ccnc2)C[C@H]1NCc1ncc(-c2ccccc2)[nH]1. The molecule has 3 aromatic rings. The number of H-pyrrole nitrogens is 1. The quantitative estimate of drug-likeness (QED) is 0.644. The minimum atomic E-state index is -0.308. The Kier molecular flexibility index (Phi) is 4.63. The first-order chi connectivity index (χ1) is 12.3. The summed E-state index contributed by atoms with van der Waals surface area (Å²) in [6.45, 7) is 1.54. The topological polar surface area (TPSA) is 78.8 Å². The van der Waals surface area contributed by atoms with Gasteiger partial charge in [0.05, 0.1) is 30.9 Å². The Morgan fingerprint density at radius 3 is 2.92 bits per heavy atom. The Labute approximate surface area is 147 Å². The zero-order chi connectivity index (χ0) is 17.1. The molecule has 0 amide bonds. The van der Waals surface area contributed by atoms with Crippen molar-refractivity contribution < 1.29 is 5.11 Å². The zero-order valence-corrected chi connectivity index (χ0v) is 14.0. The van der Waals surface area contributed by atoms with Crippen molar-refractivity contribution in [3.8, 4) is 11.3 Å². The second-order valence-corrected chi connectivity index (χ2v) is 6.76. The van der Waals surface area contributed by atoms with Crippen LogP contribution in [0.15, 0.2) is 55.2 Å². The van der Waals surface area contributed by atoms with E-state index < -0.39 is 0 Å². The van der Waals surface area contributed by atoms with Crippen LogP contribution >= 0.6 is 0 Å². The van der Waals surface area contributed by atoms with E-state index in [9.17, 15) is 5.11 Å². The monoisotopic (exact) mass is 337 g/mol. The van der Waals surface area contributed by atoms with Gasteiger partial charge >= 0.3 is 0 Å². The van der Waals surface area contributed by atoms with E-state index in [0.717, 1.165) is 36.5 Å². The average Bonchev–Trinajstić information content (AvgIpc) is 3.36. The predicted molar refractivity (Wildman–Crippen MR) is 95.6 cm³/mol. The average molecular weight is 337 g/mol. The number of aromatic amines is 1. The molecule has 0 aliphatic heterocycles. The molecule has 1 aliphatic rings. The standard InChI is InChI=1S/C19H23N5O/c25-18-9-14(12-24-7-6-20-13-24)8-16(18)21-11-19-22-10-17(23-19)15-4-2-1-3-5-15/h1-7,10,13-14,16,18,21,25H,8-9,11-12H2,(H,22,23)/t14?,16-,18-/m1/s1. The van der Waals surface area contributed by atoms with Crippen molar-refractivity contribution in [2.75, 3.05) is 0 Å². The highest BCUT2D eigenvalue weighted by molar-refractivity contribution is 5.57. The van der Waals surface area contributed by atoms with E-state index in [0.29, 0.717) is 12.5 Å². The third kappa shape index (κ3) is 3.81. The van der Waals surface area contributed by atoms with Crippen LogP contribution in [0.4, 0.5) is 0 Å². The Morgan fingerprint density at radius 1 is 1.24 bits per heavy atom. The van der Waals surface area contributed by atoms with Crippen molar-refractivity contribution >= 4 is 0 Å². The first-order valence-electron chi connectivity index (χ1n) is 8.74. The lowest BCUT2D eigenvalue weighted by Crippen LogP contribution is -2.35. The number of aromatic nitrogens is 4. The number of rotatable bonds is 6. The van der Waals surface area contributed by atoms with Gasteiger partial charge in [0.1, 0.15) is 5.82 Å². The van der Waals surface area contributed by atoms with Crippen LogP contribution in [0.1, 0.15) is 18.7 Å². The molecule has 0 bridgehead atoms. The van der Waals surface area contributed by atoms with Crippen LogP contribution in [0.2, 0.25) is 0 Å². The summed E-state index contributed by atoms with van der Waals surface area (Å²) in [5, 5.41) is 13.8. The molecule has 6 nitrogen and oxygen atoms in total. The van der Waals surface area contributed by atoms with Crippen molar-refractivity contribution in [3.63, 3.8) is 0 Å². The molecule has 25 heavy (non-hydrogen) atoms. The summed E-state index contributed by atoms with van der Waals surface area (Å²) in [5.41, 5.74) is 2.14. The van der Waals surface area contributed by atoms with E-state index in [4.69, 9.17) is 0 Å². The lowest BCUT2D eigenvalue weighted by molar-refractivity contribution is 0.145. The summed E-state index contributed by atoms with van der Waals surface area (Å²) in [6.07, 6.45) is 8.94. The summed E-state index contributed by atoms with van der Waals surface area (Å²) >= 11 is 0. The number of nitrogens with zero attached hydrogens (tertiary/aromatic N) is 3. The van der Waals surface area contributed by atoms with Gasteiger partial charge in [-0.05, 0) is 24.3 Å². The van der Waals surface area contributed by atoms with Crippen LogP contribution in [0.5, 0.6) is 0 Å². The van der Waals surface area contributed by atoms with Crippen LogP contribution in [0.3, 0.4) is 0 Å². The number of hydrogen-bond acceptors (Lipinski definition) is 4. The number of hydrogen-bond donors (Lipinski definition) is 3. The highest BCUT2D eigenvalue weighted by Gasteiger charge is 2.32. The van der Waals surface area contributed by atoms with E-state index in [2.05, 4.69) is 37.0 Å². The van der Waals surface area contributed by atoms with E-state index in [1.807, 2.05) is 36.9 Å². The summed E-state index contributed by atoms with van der Waals surface area (Å²) in [4.78, 5) is 11.9. The normalized spacial score (nSPS) is 23.2. The third-order valence-corrected chi connectivity index (χ3v) is 4.90. The van der Waals surface area contributed by atoms with E-state index in [1.165, 1.54) is 0 Å². The molecule has 1 aromatic carbocycles. The molecule has 2 heterocycles. The van der Waals surface area contributed by atoms with Gasteiger partial charge in [0.2, 0.25) is 0 Å². The number of benzene rings is 1. The summed E-state index contributed by atoms with van der Waals surface area (Å²) in [7, 11) is 0. The molecular formula is C19H23N5O. The number of imidazole rings is 2. The van der Waals surface area contributed by atoms with Gasteiger partial charge in [0.25, 0.3) is 0 Å². The molecule has 1 fully saturated rings. The van der Waals surface area contributed by atoms with Crippen molar-refractivity contribution in [1.29, 1.82) is 0 Å². The molecule has 0 saturated heterocycles. The van der Waals surface area contributed by atoms with Crippen LogP contribution < -0.4 is 5.32 Å². The smallest absolute Gasteiger partial charge is 0.120 e. The molecule has 130 valence electrons. The van der Waals surface area contributed by atoms with Crippen molar-refractivity contribution in [2.45, 2.75) is 38.1 Å². The second kappa shape index (κ2) is 7.21. The van der Waals surface area contributed by atoms with Gasteiger partial charge in [-0.15, -0.1) is 0 Å². The van der Waals surface area contributed by atoms with Crippen molar-refractivity contribution in [3.05, 3.63) is 61.1 Å². The van der Waals surface area contributed by atoms with Gasteiger partial charge in [0, 0.05) is 25.0 Å². The van der Waals surface area contributed by atoms with E-state index >= 15 is 0 Å². The lowest BCUT2D eigenvalue weighted by atomic mass is 10.1. The van der Waals surface area contributed by atoms with Gasteiger partial charge < -0.3 is 20.0 Å². The summed E-state index contributed by atoms with van der Waals surface area (Å²) in [5.74, 6) is 1.36. The maximum Gasteiger partial charge on any atom is 0.120 e. The van der Waals surface area contributed by atoms with Crippen LogP contribution in [0, 0.1) is 5.92 Å². The summed E-state index contributed by atoms with van der Waals surface area (Å²) < 4.78 is 2.08. The highest BCUT2D eigenvalue weighted by atomic mass is 16.3. The molecule has 1 saturated carbocycles. The zero-order valence-electron chi connectivity index (χ0n) is 14.0. The lowest BCUT2D eigenvalue weighted by Gasteiger charge is -2.15. The minimum absolute atomic E-state index is 0.110. The maximum atomic E-state index is 10.3. The van der Waals surface area contributed by atoms with E-state index in [-0.39, 0.29) is 12.1 Å². The molecule has 2 aromatic heterocycles. The van der Waals surface area contributed by atoms with Gasteiger partial charge in [0.15, 0.2) is 0 Å². The largest absolute Gasteiger partial charge is 0.391 e. The van der Waals surface area contributed by atoms with Crippen LogP contribution in [-0.2, 0) is 13.1 Å². The highest BCUT2D eigenvalue weighted by Crippen LogP contribution is 2.27. The Morgan fingerprint density at radius 2 is 2.12 bits per heavy atom. The molecular weight excluding hydrogens is 314 g/mol. The van der Waals surface area contributed by atoms with Gasteiger partial charge in [-0.1, -0.05) is 30.3 Å². The number of aliphatic hydroxyl groups is 1. The number of aliphatic hydroxyl groups excluding tert-OH is 1. The molecule has 3 N–H and O–H groups in total. The van der Waals surface area contributed by atoms with Crippen molar-refractivity contribution in [2.24, 2.45) is 5.92 Å². The fourth-order valence-electron chi connectivity index (χ4n) is 3.62. The fraction of sp³-hybridized carbons (Fsp3) is 0.368. The molecule has 6 heteroatoms. The van der Waals surface area contributed by atoms with Crippen molar-refractivity contribution in [1.82, 2.24) is 24.8 Å². The van der Waals surface area contributed by atoms with Gasteiger partial charge in [-0.25, -0.2) is 9.97 Å². The minimum Gasteiger partial charge on any atom is -0.391 e. The first-order valence-corrected chi connectivity index (χ1v) is 8.74. The second-order valence-electron chi connectivity index (χ2n) is 6.76. The third-order valence-electron chi connectivity index (χ3n) is 4.90. The van der Waals surface area contributed by atoms with E-state index in [1.54, 1.807) is 6.20 Å². The first kappa shape index (κ1) is 16.1. The van der Waals surface area contributed by atoms with Crippen LogP contribution in [0.25, 0.3) is 11.3 Å². The molecule has 4 rings (SSSR count). The van der Waals surface area contributed by atoms with Gasteiger partial charge in [-0.3, -0.25) is 0 Å². The fourth-order valence-corrected chi connectivity index (χ4v) is 3.62. The Balaban J connectivity index is 1.32. The van der Waals surface area contributed by atoms with Gasteiger partial charge in [-0.2, -0.15) is 0 Å². The molecule has 0 spiro atoms. The van der Waals surface area contributed by atoms with Crippen LogP contribution in [-0.4, -0.2) is 36.8 Å². The molecule has 3 atom stereocenters. The molecule has 1 unspecified atom stereocenters. The molecule has 0 radical (unpaired) electrons.